The van der Waals surface area contributed by atoms with E-state index in [0.29, 0.717) is 13.0 Å². The van der Waals surface area contributed by atoms with Crippen molar-refractivity contribution in [3.05, 3.63) is 18.5 Å². The summed E-state index contributed by atoms with van der Waals surface area (Å²) >= 11 is 0. The molecule has 3 aliphatic rings. The number of hydrogen-bond acceptors (Lipinski definition) is 7. The Morgan fingerprint density at radius 2 is 1.86 bits per heavy atom. The van der Waals surface area contributed by atoms with Gasteiger partial charge in [-0.05, 0) is 38.3 Å². The molecule has 1 spiro atoms. The van der Waals surface area contributed by atoms with Crippen LogP contribution in [0.5, 0.6) is 0 Å². The normalized spacial score (nSPS) is 24.1. The van der Waals surface area contributed by atoms with Crippen LogP contribution in [0.2, 0.25) is 0 Å². The van der Waals surface area contributed by atoms with E-state index in [9.17, 15) is 9.59 Å². The van der Waals surface area contributed by atoms with Gasteiger partial charge in [-0.25, -0.2) is 9.97 Å². The number of ether oxygens (including phenoxy) is 1. The van der Waals surface area contributed by atoms with Crippen LogP contribution in [0.4, 0.5) is 5.95 Å². The third-order valence-corrected chi connectivity index (χ3v) is 6.52. The first kappa shape index (κ1) is 20.1. The lowest BCUT2D eigenvalue weighted by Gasteiger charge is -2.34. The lowest BCUT2D eigenvalue weighted by molar-refractivity contribution is -0.152. The van der Waals surface area contributed by atoms with Gasteiger partial charge < -0.3 is 15.0 Å². The van der Waals surface area contributed by atoms with Gasteiger partial charge in [-0.2, -0.15) is 0 Å². The Kier molecular flexibility index (Phi) is 6.28. The van der Waals surface area contributed by atoms with Crippen LogP contribution in [0.3, 0.4) is 0 Å². The molecule has 8 nitrogen and oxygen atoms in total. The molecule has 4 rings (SSSR count). The molecule has 1 unspecified atom stereocenters. The van der Waals surface area contributed by atoms with Crippen molar-refractivity contribution in [3.63, 3.8) is 0 Å². The molecule has 29 heavy (non-hydrogen) atoms. The molecule has 0 radical (unpaired) electrons. The predicted molar refractivity (Wildman–Crippen MR) is 108 cm³/mol. The Morgan fingerprint density at radius 3 is 2.59 bits per heavy atom. The van der Waals surface area contributed by atoms with Gasteiger partial charge in [0, 0.05) is 51.5 Å². The maximum Gasteiger partial charge on any atom is 0.313 e. The number of nitrogens with zero attached hydrogens (tertiary/aromatic N) is 4. The number of carbonyl (C=O) groups excluding carboxylic acids is 2. The number of amides is 1. The maximum absolute atomic E-state index is 12.4. The number of hydrogen-bond donors (Lipinski definition) is 1. The topological polar surface area (TPSA) is 87.7 Å². The number of esters is 1. The summed E-state index contributed by atoms with van der Waals surface area (Å²) in [6.07, 6.45) is 9.38. The summed E-state index contributed by atoms with van der Waals surface area (Å²) in [6.45, 7) is 5.55. The summed E-state index contributed by atoms with van der Waals surface area (Å²) in [4.78, 5) is 37.8. The van der Waals surface area contributed by atoms with Crippen molar-refractivity contribution in [1.29, 1.82) is 0 Å². The van der Waals surface area contributed by atoms with E-state index in [1.807, 2.05) is 6.07 Å². The average molecular weight is 402 g/mol. The fourth-order valence-electron chi connectivity index (χ4n) is 4.75. The summed E-state index contributed by atoms with van der Waals surface area (Å²) in [5.41, 5.74) is -0.366. The maximum atomic E-state index is 12.4. The highest BCUT2D eigenvalue weighted by Gasteiger charge is 2.52. The molecule has 3 heterocycles. The standard InChI is InChI=1S/C21H31N5O3/c27-18(17-16-21(19(28)29-17)6-1-2-7-21)22-8-3-4-11-25-12-14-26(15-13-25)20-23-9-5-10-24-20/h5,9-10,17H,1-4,6-8,11-16H2,(H,22,27). The highest BCUT2D eigenvalue weighted by Crippen LogP contribution is 2.47. The summed E-state index contributed by atoms with van der Waals surface area (Å²) in [7, 11) is 0. The van der Waals surface area contributed by atoms with E-state index in [2.05, 4.69) is 25.1 Å². The Hall–Kier alpha value is -2.22. The molecule has 1 amide bonds. The molecule has 1 saturated carbocycles. The van der Waals surface area contributed by atoms with E-state index in [1.54, 1.807) is 12.4 Å². The molecule has 2 aliphatic heterocycles. The number of piperazine rings is 1. The highest BCUT2D eigenvalue weighted by molar-refractivity contribution is 5.89. The molecular weight excluding hydrogens is 370 g/mol. The predicted octanol–water partition coefficient (Wildman–Crippen LogP) is 1.37. The second-order valence-corrected chi connectivity index (χ2v) is 8.46. The SMILES string of the molecule is O=C(NCCCCN1CCN(c2ncccn2)CC1)C1CC2(CCCC2)C(=O)O1. The van der Waals surface area contributed by atoms with Crippen molar-refractivity contribution in [3.8, 4) is 0 Å². The zero-order valence-corrected chi connectivity index (χ0v) is 17.0. The number of anilines is 1. The van der Waals surface area contributed by atoms with Crippen LogP contribution in [0, 0.1) is 5.41 Å². The molecular formula is C21H31N5O3. The van der Waals surface area contributed by atoms with Crippen molar-refractivity contribution in [2.24, 2.45) is 5.41 Å². The Labute approximate surface area is 172 Å². The largest absolute Gasteiger partial charge is 0.452 e. The van der Waals surface area contributed by atoms with Crippen LogP contribution in [-0.4, -0.2) is 72.1 Å². The Bertz CT molecular complexity index is 700. The first-order chi connectivity index (χ1) is 14.2. The summed E-state index contributed by atoms with van der Waals surface area (Å²) in [5.74, 6) is 0.524. The second-order valence-electron chi connectivity index (χ2n) is 8.46. The van der Waals surface area contributed by atoms with Crippen LogP contribution in [0.1, 0.15) is 44.9 Å². The summed E-state index contributed by atoms with van der Waals surface area (Å²) in [6, 6.07) is 1.84. The molecule has 1 aromatic heterocycles. The molecule has 3 fully saturated rings. The highest BCUT2D eigenvalue weighted by atomic mass is 16.6. The van der Waals surface area contributed by atoms with Gasteiger partial charge in [0.1, 0.15) is 0 Å². The van der Waals surface area contributed by atoms with E-state index >= 15 is 0 Å². The Morgan fingerprint density at radius 1 is 1.14 bits per heavy atom. The van der Waals surface area contributed by atoms with Gasteiger partial charge in [0.15, 0.2) is 6.10 Å². The minimum absolute atomic E-state index is 0.126. The van der Waals surface area contributed by atoms with Crippen molar-refractivity contribution in [2.75, 3.05) is 44.2 Å². The first-order valence-electron chi connectivity index (χ1n) is 10.9. The van der Waals surface area contributed by atoms with Crippen molar-refractivity contribution in [1.82, 2.24) is 20.2 Å². The van der Waals surface area contributed by atoms with E-state index in [-0.39, 0.29) is 17.3 Å². The molecule has 8 heteroatoms. The number of aromatic nitrogens is 2. The molecule has 158 valence electrons. The van der Waals surface area contributed by atoms with Gasteiger partial charge in [-0.3, -0.25) is 14.5 Å². The van der Waals surface area contributed by atoms with Gasteiger partial charge in [0.2, 0.25) is 5.95 Å². The third-order valence-electron chi connectivity index (χ3n) is 6.52. The van der Waals surface area contributed by atoms with Gasteiger partial charge >= 0.3 is 5.97 Å². The van der Waals surface area contributed by atoms with Crippen molar-refractivity contribution >= 4 is 17.8 Å². The van der Waals surface area contributed by atoms with Crippen LogP contribution >= 0.6 is 0 Å². The summed E-state index contributed by atoms with van der Waals surface area (Å²) < 4.78 is 5.39. The molecule has 1 N–H and O–H groups in total. The van der Waals surface area contributed by atoms with Gasteiger partial charge in [-0.15, -0.1) is 0 Å². The molecule has 1 atom stereocenters. The van der Waals surface area contributed by atoms with Crippen molar-refractivity contribution in [2.45, 2.75) is 51.0 Å². The van der Waals surface area contributed by atoms with Crippen LogP contribution < -0.4 is 10.2 Å². The zero-order chi connectivity index (χ0) is 20.1. The molecule has 0 aromatic carbocycles. The summed E-state index contributed by atoms with van der Waals surface area (Å²) in [5, 5.41) is 2.96. The van der Waals surface area contributed by atoms with Gasteiger partial charge in [0.25, 0.3) is 5.91 Å². The lowest BCUT2D eigenvalue weighted by Crippen LogP contribution is -2.47. The molecule has 2 saturated heterocycles. The number of carbonyl (C=O) groups is 2. The Balaban J connectivity index is 1.09. The molecule has 0 bridgehead atoms. The third kappa shape index (κ3) is 4.69. The minimum Gasteiger partial charge on any atom is -0.452 e. The number of unbranched alkanes of at least 4 members (excludes halogenated alkanes) is 1. The number of rotatable bonds is 7. The average Bonchev–Trinajstić information content (AvgIpc) is 3.36. The van der Waals surface area contributed by atoms with E-state index < -0.39 is 6.10 Å². The second kappa shape index (κ2) is 9.07. The molecule has 1 aromatic rings. The van der Waals surface area contributed by atoms with E-state index in [0.717, 1.165) is 77.2 Å². The van der Waals surface area contributed by atoms with Crippen LogP contribution in [0.25, 0.3) is 0 Å². The van der Waals surface area contributed by atoms with Crippen LogP contribution in [0.15, 0.2) is 18.5 Å². The van der Waals surface area contributed by atoms with Crippen LogP contribution in [-0.2, 0) is 14.3 Å². The van der Waals surface area contributed by atoms with Gasteiger partial charge in [-0.1, -0.05) is 12.8 Å². The van der Waals surface area contributed by atoms with Gasteiger partial charge in [0.05, 0.1) is 5.41 Å². The lowest BCUT2D eigenvalue weighted by atomic mass is 9.83. The monoisotopic (exact) mass is 401 g/mol. The number of nitrogens with one attached hydrogen (secondary N) is 1. The zero-order valence-electron chi connectivity index (χ0n) is 17.0. The quantitative estimate of drug-likeness (QED) is 0.545. The number of cyclic esters (lactones) is 1. The fraction of sp³-hybridized carbons (Fsp3) is 0.714. The fourth-order valence-corrected chi connectivity index (χ4v) is 4.75. The minimum atomic E-state index is -0.589. The first-order valence-corrected chi connectivity index (χ1v) is 10.9. The van der Waals surface area contributed by atoms with E-state index in [1.165, 1.54) is 0 Å². The van der Waals surface area contributed by atoms with Crippen molar-refractivity contribution < 1.29 is 14.3 Å². The van der Waals surface area contributed by atoms with E-state index in [4.69, 9.17) is 4.74 Å². The smallest absolute Gasteiger partial charge is 0.313 e. The molecule has 1 aliphatic carbocycles.